The highest BCUT2D eigenvalue weighted by atomic mass is 35.5. The zero-order valence-corrected chi connectivity index (χ0v) is 17.2. The molecule has 0 aliphatic rings. The fourth-order valence-electron chi connectivity index (χ4n) is 3.11. The van der Waals surface area contributed by atoms with Crippen molar-refractivity contribution in [3.63, 3.8) is 0 Å². The maximum Gasteiger partial charge on any atom is 0.218 e. The summed E-state index contributed by atoms with van der Waals surface area (Å²) in [6, 6.07) is 11.8. The third-order valence-corrected chi connectivity index (χ3v) is 4.85. The SMILES string of the molecule is NC(=O)CCN(Cc1cccc(F)c1)Cc1nccn1Cc1cc(Cl)cc(Cl)c1. The second-order valence-electron chi connectivity index (χ2n) is 6.81. The van der Waals surface area contributed by atoms with Gasteiger partial charge in [-0.25, -0.2) is 9.37 Å². The van der Waals surface area contributed by atoms with Crippen molar-refractivity contribution in [3.05, 3.63) is 87.7 Å². The summed E-state index contributed by atoms with van der Waals surface area (Å²) in [5.41, 5.74) is 7.09. The molecule has 0 spiro atoms. The second-order valence-corrected chi connectivity index (χ2v) is 7.68. The smallest absolute Gasteiger partial charge is 0.218 e. The number of benzene rings is 2. The van der Waals surface area contributed by atoms with Gasteiger partial charge in [-0.2, -0.15) is 0 Å². The minimum atomic E-state index is -0.383. The molecule has 0 fully saturated rings. The fourth-order valence-corrected chi connectivity index (χ4v) is 3.68. The molecule has 3 aromatic rings. The summed E-state index contributed by atoms with van der Waals surface area (Å²) < 4.78 is 15.5. The van der Waals surface area contributed by atoms with E-state index in [2.05, 4.69) is 4.98 Å². The van der Waals surface area contributed by atoms with E-state index in [1.807, 2.05) is 33.9 Å². The molecule has 0 saturated heterocycles. The Kier molecular flexibility index (Phi) is 7.25. The molecular formula is C21H21Cl2FN4O. The molecule has 1 amide bonds. The number of halogens is 3. The Morgan fingerprint density at radius 2 is 1.86 bits per heavy atom. The third kappa shape index (κ3) is 6.56. The summed E-state index contributed by atoms with van der Waals surface area (Å²) in [7, 11) is 0. The summed E-state index contributed by atoms with van der Waals surface area (Å²) in [6.45, 7) is 1.95. The molecule has 29 heavy (non-hydrogen) atoms. The molecule has 2 N–H and O–H groups in total. The first-order valence-electron chi connectivity index (χ1n) is 9.09. The van der Waals surface area contributed by atoms with Gasteiger partial charge in [0.25, 0.3) is 0 Å². The number of nitrogens with two attached hydrogens (primary N) is 1. The first kappa shape index (κ1) is 21.3. The van der Waals surface area contributed by atoms with E-state index in [-0.39, 0.29) is 18.1 Å². The van der Waals surface area contributed by atoms with Gasteiger partial charge < -0.3 is 10.3 Å². The molecule has 152 valence electrons. The van der Waals surface area contributed by atoms with Crippen LogP contribution >= 0.6 is 23.2 Å². The number of aromatic nitrogens is 2. The summed E-state index contributed by atoms with van der Waals surface area (Å²) in [5.74, 6) is 0.129. The number of hydrogen-bond donors (Lipinski definition) is 1. The fraction of sp³-hybridized carbons (Fsp3) is 0.238. The maximum absolute atomic E-state index is 13.5. The number of rotatable bonds is 9. The molecule has 0 saturated carbocycles. The molecule has 0 aliphatic heterocycles. The highest BCUT2D eigenvalue weighted by molar-refractivity contribution is 6.34. The van der Waals surface area contributed by atoms with Crippen molar-refractivity contribution in [2.24, 2.45) is 5.73 Å². The summed E-state index contributed by atoms with van der Waals surface area (Å²) in [6.07, 6.45) is 3.80. The molecule has 0 unspecified atom stereocenters. The zero-order chi connectivity index (χ0) is 20.8. The molecule has 2 aromatic carbocycles. The first-order chi connectivity index (χ1) is 13.9. The summed E-state index contributed by atoms with van der Waals surface area (Å²) in [4.78, 5) is 17.7. The lowest BCUT2D eigenvalue weighted by Crippen LogP contribution is -2.29. The average molecular weight is 435 g/mol. The van der Waals surface area contributed by atoms with Crippen LogP contribution in [0, 0.1) is 5.82 Å². The van der Waals surface area contributed by atoms with Crippen molar-refractivity contribution in [1.29, 1.82) is 0 Å². The minimum absolute atomic E-state index is 0.208. The Bertz CT molecular complexity index is 972. The van der Waals surface area contributed by atoms with Gasteiger partial charge in [0.15, 0.2) is 0 Å². The van der Waals surface area contributed by atoms with Crippen LogP contribution in [-0.2, 0) is 24.4 Å². The van der Waals surface area contributed by atoms with Crippen molar-refractivity contribution < 1.29 is 9.18 Å². The van der Waals surface area contributed by atoms with Crippen LogP contribution in [0.1, 0.15) is 23.4 Å². The molecular weight excluding hydrogens is 414 g/mol. The summed E-state index contributed by atoms with van der Waals surface area (Å²) in [5, 5.41) is 1.15. The van der Waals surface area contributed by atoms with Crippen molar-refractivity contribution in [2.45, 2.75) is 26.1 Å². The largest absolute Gasteiger partial charge is 0.370 e. The molecule has 3 rings (SSSR count). The first-order valence-corrected chi connectivity index (χ1v) is 9.85. The number of nitrogens with zero attached hydrogens (tertiary/aromatic N) is 3. The van der Waals surface area contributed by atoms with Crippen molar-refractivity contribution in [1.82, 2.24) is 14.5 Å². The van der Waals surface area contributed by atoms with E-state index in [0.29, 0.717) is 36.2 Å². The van der Waals surface area contributed by atoms with Crippen molar-refractivity contribution >= 4 is 29.1 Å². The Morgan fingerprint density at radius 1 is 1.10 bits per heavy atom. The van der Waals surface area contributed by atoms with Gasteiger partial charge in [0, 0.05) is 48.5 Å². The van der Waals surface area contributed by atoms with Gasteiger partial charge in [-0.05, 0) is 41.5 Å². The number of carbonyl (C=O) groups excluding carboxylic acids is 1. The van der Waals surface area contributed by atoms with Crippen LogP contribution in [0.15, 0.2) is 54.9 Å². The molecule has 1 aromatic heterocycles. The quantitative estimate of drug-likeness (QED) is 0.547. The van der Waals surface area contributed by atoms with Gasteiger partial charge in [-0.3, -0.25) is 9.69 Å². The van der Waals surface area contributed by atoms with Crippen LogP contribution in [0.3, 0.4) is 0 Å². The van der Waals surface area contributed by atoms with E-state index >= 15 is 0 Å². The molecule has 0 bridgehead atoms. The van der Waals surface area contributed by atoms with Gasteiger partial charge in [0.2, 0.25) is 5.91 Å². The average Bonchev–Trinajstić information content (AvgIpc) is 3.05. The highest BCUT2D eigenvalue weighted by Gasteiger charge is 2.13. The van der Waals surface area contributed by atoms with E-state index < -0.39 is 0 Å². The Hall–Kier alpha value is -2.41. The van der Waals surface area contributed by atoms with Gasteiger partial charge in [-0.1, -0.05) is 35.3 Å². The zero-order valence-electron chi connectivity index (χ0n) is 15.7. The standard InChI is InChI=1S/C21H21Cl2FN4O/c22-17-8-16(9-18(23)11-17)13-28-7-5-26-21(28)14-27(6-4-20(25)29)12-15-2-1-3-19(24)10-15/h1-3,5,7-11H,4,6,12-14H2,(H2,25,29). The third-order valence-electron chi connectivity index (χ3n) is 4.41. The van der Waals surface area contributed by atoms with Gasteiger partial charge in [0.05, 0.1) is 6.54 Å². The lowest BCUT2D eigenvalue weighted by molar-refractivity contribution is -0.118. The topological polar surface area (TPSA) is 64.2 Å². The molecule has 0 aliphatic carbocycles. The summed E-state index contributed by atoms with van der Waals surface area (Å²) >= 11 is 12.2. The Labute approximate surface area is 178 Å². The van der Waals surface area contributed by atoms with Gasteiger partial charge >= 0.3 is 0 Å². The second kappa shape index (κ2) is 9.87. The van der Waals surface area contributed by atoms with Crippen LogP contribution in [0.25, 0.3) is 0 Å². The van der Waals surface area contributed by atoms with E-state index in [0.717, 1.165) is 17.0 Å². The van der Waals surface area contributed by atoms with E-state index in [4.69, 9.17) is 28.9 Å². The van der Waals surface area contributed by atoms with Crippen LogP contribution in [0.4, 0.5) is 4.39 Å². The monoisotopic (exact) mass is 434 g/mol. The maximum atomic E-state index is 13.5. The van der Waals surface area contributed by atoms with Gasteiger partial charge in [0.1, 0.15) is 11.6 Å². The molecule has 1 heterocycles. The predicted molar refractivity (Wildman–Crippen MR) is 112 cm³/mol. The highest BCUT2D eigenvalue weighted by Crippen LogP contribution is 2.20. The lowest BCUT2D eigenvalue weighted by Gasteiger charge is -2.22. The number of hydrogen-bond acceptors (Lipinski definition) is 3. The van der Waals surface area contributed by atoms with Crippen molar-refractivity contribution in [2.75, 3.05) is 6.54 Å². The van der Waals surface area contributed by atoms with E-state index in [1.165, 1.54) is 12.1 Å². The van der Waals surface area contributed by atoms with Crippen LogP contribution in [-0.4, -0.2) is 26.9 Å². The molecule has 8 heteroatoms. The Morgan fingerprint density at radius 3 is 2.55 bits per heavy atom. The van der Waals surface area contributed by atoms with Gasteiger partial charge in [-0.15, -0.1) is 0 Å². The molecule has 5 nitrogen and oxygen atoms in total. The lowest BCUT2D eigenvalue weighted by atomic mass is 10.2. The number of amides is 1. The van der Waals surface area contributed by atoms with Crippen LogP contribution in [0.5, 0.6) is 0 Å². The van der Waals surface area contributed by atoms with Crippen molar-refractivity contribution in [3.8, 4) is 0 Å². The molecule has 0 radical (unpaired) electrons. The number of imidazole rings is 1. The number of carbonyl (C=O) groups is 1. The Balaban J connectivity index is 1.76. The number of primary amides is 1. The minimum Gasteiger partial charge on any atom is -0.370 e. The normalized spacial score (nSPS) is 11.2. The van der Waals surface area contributed by atoms with E-state index in [9.17, 15) is 9.18 Å². The van der Waals surface area contributed by atoms with E-state index in [1.54, 1.807) is 18.3 Å². The molecule has 0 atom stereocenters. The predicted octanol–water partition coefficient (Wildman–Crippen LogP) is 4.25. The van der Waals surface area contributed by atoms with Crippen LogP contribution in [0.2, 0.25) is 10.0 Å². The van der Waals surface area contributed by atoms with Crippen LogP contribution < -0.4 is 5.73 Å².